The van der Waals surface area contributed by atoms with Crippen molar-refractivity contribution >= 4 is 5.91 Å². The van der Waals surface area contributed by atoms with E-state index < -0.39 is 0 Å². The molecule has 1 fully saturated rings. The number of carbonyl (C=O) groups is 1. The van der Waals surface area contributed by atoms with E-state index in [4.69, 9.17) is 5.11 Å². The second-order valence-corrected chi connectivity index (χ2v) is 3.60. The average Bonchev–Trinajstić information content (AvgIpc) is 2.32. The van der Waals surface area contributed by atoms with Gasteiger partial charge in [-0.2, -0.15) is 0 Å². The van der Waals surface area contributed by atoms with Gasteiger partial charge in [-0.15, -0.1) is 0 Å². The Morgan fingerprint density at radius 3 is 2.83 bits per heavy atom. The van der Waals surface area contributed by atoms with E-state index in [1.165, 1.54) is 0 Å². The van der Waals surface area contributed by atoms with Crippen LogP contribution in [0.5, 0.6) is 0 Å². The van der Waals surface area contributed by atoms with Crippen molar-refractivity contribution in [2.24, 2.45) is 0 Å². The molecule has 0 bridgehead atoms. The van der Waals surface area contributed by atoms with Crippen LogP contribution in [0, 0.1) is 0 Å². The van der Waals surface area contributed by atoms with E-state index in [0.717, 1.165) is 12.8 Å². The summed E-state index contributed by atoms with van der Waals surface area (Å²) in [6.45, 7) is 4.22. The summed E-state index contributed by atoms with van der Waals surface area (Å²) < 4.78 is 0. The van der Waals surface area contributed by atoms with Crippen LogP contribution in [0.1, 0.15) is 33.1 Å². The van der Waals surface area contributed by atoms with Crippen molar-refractivity contribution in [3.05, 3.63) is 0 Å². The number of rotatable bonds is 3. The van der Waals surface area contributed by atoms with Gasteiger partial charge in [-0.3, -0.25) is 4.79 Å². The fourth-order valence-corrected chi connectivity index (χ4v) is 1.90. The van der Waals surface area contributed by atoms with Crippen molar-refractivity contribution in [1.29, 1.82) is 0 Å². The molecule has 70 valence electrons. The number of nitrogens with zero attached hydrogens (tertiary/aromatic N) is 1. The Morgan fingerprint density at radius 2 is 2.33 bits per heavy atom. The van der Waals surface area contributed by atoms with Crippen LogP contribution in [-0.2, 0) is 4.79 Å². The fraction of sp³-hybridized carbons (Fsp3) is 0.889. The molecule has 1 N–H and O–H groups in total. The molecule has 1 saturated heterocycles. The summed E-state index contributed by atoms with van der Waals surface area (Å²) in [6.07, 6.45) is 2.30. The summed E-state index contributed by atoms with van der Waals surface area (Å²) in [5, 5.41) is 8.77. The van der Waals surface area contributed by atoms with Gasteiger partial charge in [-0.25, -0.2) is 0 Å². The van der Waals surface area contributed by atoms with Gasteiger partial charge in [0.05, 0.1) is 0 Å². The first-order valence-corrected chi connectivity index (χ1v) is 4.59. The zero-order valence-electron chi connectivity index (χ0n) is 7.79. The molecule has 0 aliphatic carbocycles. The molecular weight excluding hydrogens is 154 g/mol. The number of hydrogen-bond donors (Lipinski definition) is 1. The standard InChI is InChI=1S/C9H17NO2/c1-7(2)10-8(5-6-11)3-4-9(10)12/h7-8,11H,3-6H2,1-2H3. The molecule has 3 heteroatoms. The predicted molar refractivity (Wildman–Crippen MR) is 46.7 cm³/mol. The molecule has 1 rings (SSSR count). The van der Waals surface area contributed by atoms with Gasteiger partial charge in [-0.1, -0.05) is 0 Å². The number of likely N-dealkylation sites (tertiary alicyclic amines) is 1. The normalized spacial score (nSPS) is 24.2. The highest BCUT2D eigenvalue weighted by atomic mass is 16.3. The van der Waals surface area contributed by atoms with Gasteiger partial charge in [0.1, 0.15) is 0 Å². The van der Waals surface area contributed by atoms with E-state index in [0.29, 0.717) is 6.42 Å². The maximum atomic E-state index is 11.3. The minimum atomic E-state index is 0.182. The van der Waals surface area contributed by atoms with E-state index in [1.54, 1.807) is 0 Å². The minimum absolute atomic E-state index is 0.182. The maximum Gasteiger partial charge on any atom is 0.223 e. The third kappa shape index (κ3) is 1.78. The lowest BCUT2D eigenvalue weighted by Gasteiger charge is -2.28. The molecule has 0 radical (unpaired) electrons. The van der Waals surface area contributed by atoms with Gasteiger partial charge < -0.3 is 10.0 Å². The van der Waals surface area contributed by atoms with Gasteiger partial charge in [0.15, 0.2) is 0 Å². The molecule has 1 aliphatic heterocycles. The van der Waals surface area contributed by atoms with Crippen molar-refractivity contribution in [3.63, 3.8) is 0 Å². The lowest BCUT2D eigenvalue weighted by atomic mass is 10.1. The van der Waals surface area contributed by atoms with Crippen molar-refractivity contribution in [3.8, 4) is 0 Å². The van der Waals surface area contributed by atoms with Crippen LogP contribution < -0.4 is 0 Å². The van der Waals surface area contributed by atoms with E-state index >= 15 is 0 Å². The summed E-state index contributed by atoms with van der Waals surface area (Å²) in [5.74, 6) is 0.239. The molecule has 1 unspecified atom stereocenters. The maximum absolute atomic E-state index is 11.3. The van der Waals surface area contributed by atoms with E-state index in [2.05, 4.69) is 0 Å². The van der Waals surface area contributed by atoms with Crippen LogP contribution in [0.3, 0.4) is 0 Å². The highest BCUT2D eigenvalue weighted by molar-refractivity contribution is 5.79. The van der Waals surface area contributed by atoms with Crippen molar-refractivity contribution in [2.45, 2.75) is 45.2 Å². The van der Waals surface area contributed by atoms with E-state index in [9.17, 15) is 4.79 Å². The first kappa shape index (κ1) is 9.52. The highest BCUT2D eigenvalue weighted by Crippen LogP contribution is 2.23. The zero-order valence-corrected chi connectivity index (χ0v) is 7.79. The molecule has 0 aromatic carbocycles. The van der Waals surface area contributed by atoms with Crippen LogP contribution in [0.4, 0.5) is 0 Å². The molecule has 12 heavy (non-hydrogen) atoms. The summed E-state index contributed by atoms with van der Waals surface area (Å²) >= 11 is 0. The molecule has 1 amide bonds. The minimum Gasteiger partial charge on any atom is -0.396 e. The Hall–Kier alpha value is -0.570. The first-order chi connectivity index (χ1) is 5.66. The monoisotopic (exact) mass is 171 g/mol. The third-order valence-corrected chi connectivity index (χ3v) is 2.39. The van der Waals surface area contributed by atoms with Gasteiger partial charge >= 0.3 is 0 Å². The van der Waals surface area contributed by atoms with Crippen LogP contribution in [0.2, 0.25) is 0 Å². The Balaban J connectivity index is 2.57. The van der Waals surface area contributed by atoms with Gasteiger partial charge in [0.25, 0.3) is 0 Å². The van der Waals surface area contributed by atoms with Gasteiger partial charge in [0.2, 0.25) is 5.91 Å². The topological polar surface area (TPSA) is 40.5 Å². The van der Waals surface area contributed by atoms with Crippen LogP contribution in [0.15, 0.2) is 0 Å². The number of aliphatic hydroxyl groups is 1. The van der Waals surface area contributed by atoms with Gasteiger partial charge in [-0.05, 0) is 26.7 Å². The van der Waals surface area contributed by atoms with Crippen molar-refractivity contribution in [2.75, 3.05) is 6.61 Å². The highest BCUT2D eigenvalue weighted by Gasteiger charge is 2.31. The van der Waals surface area contributed by atoms with Crippen molar-refractivity contribution < 1.29 is 9.90 Å². The lowest BCUT2D eigenvalue weighted by Crippen LogP contribution is -2.39. The second-order valence-electron chi connectivity index (χ2n) is 3.60. The van der Waals surface area contributed by atoms with E-state index in [-0.39, 0.29) is 24.6 Å². The average molecular weight is 171 g/mol. The number of amides is 1. The Labute approximate surface area is 73.4 Å². The molecule has 1 atom stereocenters. The van der Waals surface area contributed by atoms with Crippen LogP contribution in [0.25, 0.3) is 0 Å². The smallest absolute Gasteiger partial charge is 0.223 e. The molecule has 1 heterocycles. The number of hydrogen-bond acceptors (Lipinski definition) is 2. The largest absolute Gasteiger partial charge is 0.396 e. The van der Waals surface area contributed by atoms with Gasteiger partial charge in [0, 0.05) is 25.1 Å². The lowest BCUT2D eigenvalue weighted by molar-refractivity contribution is -0.130. The van der Waals surface area contributed by atoms with E-state index in [1.807, 2.05) is 18.7 Å². The Morgan fingerprint density at radius 1 is 1.67 bits per heavy atom. The van der Waals surface area contributed by atoms with Crippen LogP contribution in [-0.4, -0.2) is 34.6 Å². The summed E-state index contributed by atoms with van der Waals surface area (Å²) in [5.41, 5.74) is 0. The zero-order chi connectivity index (χ0) is 9.14. The van der Waals surface area contributed by atoms with Crippen molar-refractivity contribution in [1.82, 2.24) is 4.90 Å². The molecule has 1 aliphatic rings. The summed E-state index contributed by atoms with van der Waals surface area (Å²) in [4.78, 5) is 13.2. The molecule has 0 spiro atoms. The Kier molecular flexibility index (Phi) is 3.09. The van der Waals surface area contributed by atoms with Crippen LogP contribution >= 0.6 is 0 Å². The third-order valence-electron chi connectivity index (χ3n) is 2.39. The molecule has 0 saturated carbocycles. The number of carbonyl (C=O) groups excluding carboxylic acids is 1. The Bertz CT molecular complexity index is 168. The SMILES string of the molecule is CC(C)N1C(=O)CCC1CCO. The fourth-order valence-electron chi connectivity index (χ4n) is 1.90. The summed E-state index contributed by atoms with van der Waals surface area (Å²) in [7, 11) is 0. The first-order valence-electron chi connectivity index (χ1n) is 4.59. The summed E-state index contributed by atoms with van der Waals surface area (Å²) in [6, 6.07) is 0.555. The molecular formula is C9H17NO2. The second kappa shape index (κ2) is 3.90. The quantitative estimate of drug-likeness (QED) is 0.681. The molecule has 0 aromatic rings. The molecule has 0 aromatic heterocycles. The predicted octanol–water partition coefficient (Wildman–Crippen LogP) is 0.768. The molecule has 3 nitrogen and oxygen atoms in total. The number of aliphatic hydroxyl groups excluding tert-OH is 1.